The van der Waals surface area contributed by atoms with Crippen molar-refractivity contribution < 1.29 is 14.3 Å². The maximum Gasteiger partial charge on any atom is 0.323 e. The third kappa shape index (κ3) is 5.40. The second-order valence-electron chi connectivity index (χ2n) is 4.97. The van der Waals surface area contributed by atoms with E-state index in [4.69, 9.17) is 9.52 Å². The van der Waals surface area contributed by atoms with E-state index in [0.717, 1.165) is 0 Å². The second-order valence-corrected chi connectivity index (χ2v) is 4.97. The van der Waals surface area contributed by atoms with Crippen molar-refractivity contribution >= 4 is 5.97 Å². The van der Waals surface area contributed by atoms with Gasteiger partial charge in [-0.15, -0.1) is 0 Å². The normalized spacial score (nSPS) is 9.82. The zero-order valence-corrected chi connectivity index (χ0v) is 13.0. The first kappa shape index (κ1) is 17.4. The fraction of sp³-hybridized carbons (Fsp3) is 0.312. The van der Waals surface area contributed by atoms with Crippen molar-refractivity contribution in [3.63, 3.8) is 0 Å². The van der Waals surface area contributed by atoms with E-state index in [-0.39, 0.29) is 17.4 Å². The third-order valence-corrected chi connectivity index (χ3v) is 2.86. The quantitative estimate of drug-likeness (QED) is 0.914. The van der Waals surface area contributed by atoms with Crippen LogP contribution in [0.4, 0.5) is 0 Å². The van der Waals surface area contributed by atoms with Crippen LogP contribution < -0.4 is 10.9 Å². The number of carbonyl (C=O) groups is 1. The van der Waals surface area contributed by atoms with Crippen LogP contribution >= 0.6 is 0 Å². The first-order valence-corrected chi connectivity index (χ1v) is 6.67. The monoisotopic (exact) mass is 305 g/mol. The Morgan fingerprint density at radius 1 is 0.955 bits per heavy atom. The van der Waals surface area contributed by atoms with Gasteiger partial charge in [-0.1, -0.05) is 0 Å². The van der Waals surface area contributed by atoms with Crippen LogP contribution in [-0.4, -0.2) is 15.6 Å². The molecular weight excluding hydrogens is 286 g/mol. The Labute approximate surface area is 127 Å². The molecule has 0 unspecified atom stereocenters. The summed E-state index contributed by atoms with van der Waals surface area (Å²) in [5.74, 6) is 0.426. The van der Waals surface area contributed by atoms with E-state index in [1.165, 1.54) is 24.3 Å². The number of aliphatic carboxylic acids is 1. The van der Waals surface area contributed by atoms with E-state index in [1.807, 2.05) is 0 Å². The van der Waals surface area contributed by atoms with Crippen molar-refractivity contribution in [3.8, 4) is 0 Å². The van der Waals surface area contributed by atoms with Crippen molar-refractivity contribution in [2.75, 3.05) is 0 Å². The Kier molecular flexibility index (Phi) is 5.86. The van der Waals surface area contributed by atoms with Gasteiger partial charge in [0.05, 0.1) is 0 Å². The number of nitrogens with zero attached hydrogens (tertiary/aromatic N) is 1. The Morgan fingerprint density at radius 3 is 1.73 bits per heavy atom. The summed E-state index contributed by atoms with van der Waals surface area (Å²) in [5, 5.41) is 8.59. The fourth-order valence-electron chi connectivity index (χ4n) is 2.03. The number of hydrogen-bond donors (Lipinski definition) is 1. The number of rotatable bonds is 2. The second kappa shape index (κ2) is 7.40. The highest BCUT2D eigenvalue weighted by molar-refractivity contribution is 5.66. The van der Waals surface area contributed by atoms with Gasteiger partial charge in [0.25, 0.3) is 0 Å². The van der Waals surface area contributed by atoms with Gasteiger partial charge < -0.3 is 14.1 Å². The number of carboxylic acid groups (broad SMARTS) is 1. The molecule has 0 spiro atoms. The molecule has 2 aromatic rings. The smallest absolute Gasteiger partial charge is 0.323 e. The third-order valence-electron chi connectivity index (χ3n) is 2.86. The highest BCUT2D eigenvalue weighted by atomic mass is 16.4. The lowest BCUT2D eigenvalue weighted by molar-refractivity contribution is -0.137. The largest absolute Gasteiger partial charge is 0.480 e. The Bertz CT molecular complexity index is 736. The van der Waals surface area contributed by atoms with Crippen molar-refractivity contribution in [2.45, 2.75) is 34.2 Å². The van der Waals surface area contributed by atoms with Crippen LogP contribution in [0.1, 0.15) is 22.9 Å². The lowest BCUT2D eigenvalue weighted by Gasteiger charge is -2.10. The molecule has 0 aliphatic heterocycles. The predicted molar refractivity (Wildman–Crippen MR) is 82.3 cm³/mol. The average Bonchev–Trinajstić information content (AvgIpc) is 2.32. The SMILES string of the molecule is Cc1cc(=O)cc(C)n1CC(=O)O.Cc1cc(=O)cc(C)o1. The van der Waals surface area contributed by atoms with Crippen LogP contribution in [-0.2, 0) is 11.3 Å². The van der Waals surface area contributed by atoms with Gasteiger partial charge >= 0.3 is 5.97 Å². The van der Waals surface area contributed by atoms with Crippen LogP contribution in [0, 0.1) is 27.7 Å². The standard InChI is InChI=1S/C9H11NO3.C7H8O2/c1-6-3-8(11)4-7(2)10(6)5-9(12)13;1-5-3-7(8)4-6(2)9-5/h3-4H,5H2,1-2H3,(H,12,13);3-4H,1-2H3. The van der Waals surface area contributed by atoms with Crippen molar-refractivity contribution in [2.24, 2.45) is 0 Å². The number of pyridine rings is 1. The topological polar surface area (TPSA) is 89.5 Å². The molecule has 6 nitrogen and oxygen atoms in total. The maximum atomic E-state index is 11.0. The molecule has 6 heteroatoms. The molecule has 0 aliphatic rings. The molecule has 0 aromatic carbocycles. The average molecular weight is 305 g/mol. The molecule has 118 valence electrons. The molecule has 0 saturated carbocycles. The minimum absolute atomic E-state index is 0.0104. The van der Waals surface area contributed by atoms with Gasteiger partial charge in [-0.3, -0.25) is 14.4 Å². The summed E-state index contributed by atoms with van der Waals surface area (Å²) in [6.45, 7) is 6.86. The predicted octanol–water partition coefficient (Wildman–Crippen LogP) is 1.81. The van der Waals surface area contributed by atoms with Gasteiger partial charge in [-0.05, 0) is 27.7 Å². The van der Waals surface area contributed by atoms with E-state index in [1.54, 1.807) is 32.3 Å². The number of hydrogen-bond acceptors (Lipinski definition) is 4. The van der Waals surface area contributed by atoms with Gasteiger partial charge in [0, 0.05) is 35.7 Å². The highest BCUT2D eigenvalue weighted by Crippen LogP contribution is 2.00. The van der Waals surface area contributed by atoms with Gasteiger partial charge in [-0.2, -0.15) is 0 Å². The van der Waals surface area contributed by atoms with E-state index < -0.39 is 5.97 Å². The Hall–Kier alpha value is -2.63. The first-order valence-electron chi connectivity index (χ1n) is 6.67. The van der Waals surface area contributed by atoms with Gasteiger partial charge in [-0.25, -0.2) is 0 Å². The molecule has 22 heavy (non-hydrogen) atoms. The summed E-state index contributed by atoms with van der Waals surface area (Å²) in [5.41, 5.74) is 1.27. The van der Waals surface area contributed by atoms with Crippen molar-refractivity contribution in [1.29, 1.82) is 0 Å². The van der Waals surface area contributed by atoms with Gasteiger partial charge in [0.2, 0.25) is 0 Å². The Morgan fingerprint density at radius 2 is 1.36 bits per heavy atom. The molecule has 0 amide bonds. The van der Waals surface area contributed by atoms with Crippen LogP contribution in [0.2, 0.25) is 0 Å². The summed E-state index contributed by atoms with van der Waals surface area (Å²) in [4.78, 5) is 32.1. The van der Waals surface area contributed by atoms with Crippen molar-refractivity contribution in [1.82, 2.24) is 4.57 Å². The first-order chi connectivity index (χ1) is 10.2. The van der Waals surface area contributed by atoms with Crippen LogP contribution in [0.3, 0.4) is 0 Å². The summed E-state index contributed by atoms with van der Waals surface area (Å²) < 4.78 is 6.64. The fourth-order valence-corrected chi connectivity index (χ4v) is 2.03. The zero-order chi connectivity index (χ0) is 16.9. The highest BCUT2D eigenvalue weighted by Gasteiger charge is 2.04. The molecule has 0 bridgehead atoms. The molecule has 2 heterocycles. The van der Waals surface area contributed by atoms with Crippen LogP contribution in [0.5, 0.6) is 0 Å². The molecule has 2 aromatic heterocycles. The van der Waals surface area contributed by atoms with Crippen LogP contribution in [0.25, 0.3) is 0 Å². The minimum Gasteiger partial charge on any atom is -0.480 e. The molecule has 1 N–H and O–H groups in total. The van der Waals surface area contributed by atoms with E-state index in [0.29, 0.717) is 22.9 Å². The summed E-state index contributed by atoms with van der Waals surface area (Å²) in [6, 6.07) is 5.78. The number of aromatic nitrogens is 1. The lowest BCUT2D eigenvalue weighted by Crippen LogP contribution is -2.17. The minimum atomic E-state index is -0.908. The molecule has 0 radical (unpaired) electrons. The maximum absolute atomic E-state index is 11.0. The number of carboxylic acids is 1. The summed E-state index contributed by atoms with van der Waals surface area (Å²) in [6.07, 6.45) is 0. The van der Waals surface area contributed by atoms with E-state index in [2.05, 4.69) is 0 Å². The summed E-state index contributed by atoms with van der Waals surface area (Å²) in [7, 11) is 0. The van der Waals surface area contributed by atoms with E-state index in [9.17, 15) is 14.4 Å². The van der Waals surface area contributed by atoms with E-state index >= 15 is 0 Å². The molecule has 0 aliphatic carbocycles. The molecule has 0 saturated heterocycles. The van der Waals surface area contributed by atoms with Crippen molar-refractivity contribution in [3.05, 3.63) is 67.6 Å². The Balaban J connectivity index is 0.000000235. The summed E-state index contributed by atoms with van der Waals surface area (Å²) >= 11 is 0. The van der Waals surface area contributed by atoms with Gasteiger partial charge in [0.1, 0.15) is 18.1 Å². The zero-order valence-electron chi connectivity index (χ0n) is 13.0. The lowest BCUT2D eigenvalue weighted by atomic mass is 10.3. The molecular formula is C16H19NO5. The molecule has 2 rings (SSSR count). The molecule has 0 fully saturated rings. The van der Waals surface area contributed by atoms with Crippen LogP contribution in [0.15, 0.2) is 38.3 Å². The molecule has 0 atom stereocenters. The number of aryl methyl sites for hydroxylation is 4. The van der Waals surface area contributed by atoms with Gasteiger partial charge in [0.15, 0.2) is 10.9 Å².